The molecule has 1 unspecified atom stereocenters. The zero-order valence-corrected chi connectivity index (χ0v) is 19.7. The molecule has 2 heterocycles. The normalized spacial score (nSPS) is 12.1. The van der Waals surface area contributed by atoms with Crippen molar-refractivity contribution >= 4 is 22.8 Å². The fourth-order valence-corrected chi connectivity index (χ4v) is 3.85. The number of nitrogens with zero attached hydrogens (tertiary/aromatic N) is 4. The van der Waals surface area contributed by atoms with Gasteiger partial charge in [-0.05, 0) is 54.3 Å². The van der Waals surface area contributed by atoms with E-state index in [-0.39, 0.29) is 24.9 Å². The summed E-state index contributed by atoms with van der Waals surface area (Å²) in [7, 11) is 0. The number of rotatable bonds is 10. The maximum absolute atomic E-state index is 13.7. The van der Waals surface area contributed by atoms with Crippen LogP contribution in [0.3, 0.4) is 0 Å². The molecule has 0 spiro atoms. The number of hydrogen-bond donors (Lipinski definition) is 1. The molecule has 0 saturated carbocycles. The molecule has 0 aliphatic heterocycles. The standard InChI is InChI=1S/C26H28FN5O3/c1-18(2)13-14-28-26(34)25(19-9-11-20(27)12-10-19)31(16-21-6-5-15-35-21)24(33)17-32-23-8-4-3-7-22(23)29-30-32/h3-12,15,18,25H,13-14,16-17H2,1-2H3,(H,28,34). The molecule has 0 aliphatic carbocycles. The predicted octanol–water partition coefficient (Wildman–Crippen LogP) is 4.10. The molecule has 4 aromatic rings. The zero-order chi connectivity index (χ0) is 24.8. The van der Waals surface area contributed by atoms with Crippen LogP contribution in [0, 0.1) is 11.7 Å². The predicted molar refractivity (Wildman–Crippen MR) is 128 cm³/mol. The van der Waals surface area contributed by atoms with Crippen LogP contribution in [0.2, 0.25) is 0 Å². The Morgan fingerprint density at radius 3 is 2.57 bits per heavy atom. The number of halogens is 1. The van der Waals surface area contributed by atoms with Gasteiger partial charge in [0.15, 0.2) is 0 Å². The Balaban J connectivity index is 1.68. The lowest BCUT2D eigenvalue weighted by molar-refractivity contribution is -0.142. The number of aromatic nitrogens is 3. The van der Waals surface area contributed by atoms with E-state index in [1.807, 2.05) is 24.3 Å². The molecule has 182 valence electrons. The summed E-state index contributed by atoms with van der Waals surface area (Å²) in [4.78, 5) is 28.6. The Hall–Kier alpha value is -4.01. The first-order valence-corrected chi connectivity index (χ1v) is 11.6. The molecule has 1 N–H and O–H groups in total. The van der Waals surface area contributed by atoms with Crippen LogP contribution in [0.1, 0.15) is 37.6 Å². The molecule has 35 heavy (non-hydrogen) atoms. The quantitative estimate of drug-likeness (QED) is 0.371. The second kappa shape index (κ2) is 10.9. The van der Waals surface area contributed by atoms with Gasteiger partial charge < -0.3 is 14.6 Å². The fraction of sp³-hybridized carbons (Fsp3) is 0.308. The first kappa shape index (κ1) is 24.1. The smallest absolute Gasteiger partial charge is 0.247 e. The Kier molecular flexibility index (Phi) is 7.54. The number of benzene rings is 2. The van der Waals surface area contributed by atoms with E-state index in [1.165, 1.54) is 40.1 Å². The van der Waals surface area contributed by atoms with E-state index in [9.17, 15) is 14.0 Å². The summed E-state index contributed by atoms with van der Waals surface area (Å²) in [5.74, 6) is -0.207. The third kappa shape index (κ3) is 5.92. The van der Waals surface area contributed by atoms with Gasteiger partial charge in [-0.3, -0.25) is 9.59 Å². The van der Waals surface area contributed by atoms with Crippen molar-refractivity contribution in [2.45, 2.75) is 39.4 Å². The van der Waals surface area contributed by atoms with Crippen molar-refractivity contribution in [3.63, 3.8) is 0 Å². The van der Waals surface area contributed by atoms with Gasteiger partial charge in [0.05, 0.1) is 18.3 Å². The van der Waals surface area contributed by atoms with Gasteiger partial charge in [0.25, 0.3) is 0 Å². The summed E-state index contributed by atoms with van der Waals surface area (Å²) in [6.45, 7) is 4.53. The van der Waals surface area contributed by atoms with Crippen LogP contribution in [0.5, 0.6) is 0 Å². The van der Waals surface area contributed by atoms with Gasteiger partial charge in [-0.2, -0.15) is 0 Å². The van der Waals surface area contributed by atoms with Gasteiger partial charge in [-0.25, -0.2) is 9.07 Å². The van der Waals surface area contributed by atoms with E-state index in [1.54, 1.807) is 12.1 Å². The van der Waals surface area contributed by atoms with Crippen LogP contribution < -0.4 is 5.32 Å². The summed E-state index contributed by atoms with van der Waals surface area (Å²) < 4.78 is 20.7. The average molecular weight is 478 g/mol. The Bertz CT molecular complexity index is 1270. The highest BCUT2D eigenvalue weighted by molar-refractivity contribution is 5.89. The van der Waals surface area contributed by atoms with Crippen LogP contribution in [0.25, 0.3) is 11.0 Å². The highest BCUT2D eigenvalue weighted by Gasteiger charge is 2.32. The molecule has 0 aliphatic rings. The number of hydrogen-bond acceptors (Lipinski definition) is 5. The number of amides is 2. The van der Waals surface area contributed by atoms with Gasteiger partial charge in [-0.15, -0.1) is 5.10 Å². The lowest BCUT2D eigenvalue weighted by Gasteiger charge is -2.31. The third-order valence-electron chi connectivity index (χ3n) is 5.70. The molecular formula is C26H28FN5O3. The van der Waals surface area contributed by atoms with Crippen LogP contribution in [0.4, 0.5) is 4.39 Å². The van der Waals surface area contributed by atoms with Crippen LogP contribution >= 0.6 is 0 Å². The summed E-state index contributed by atoms with van der Waals surface area (Å²) in [5.41, 5.74) is 1.87. The Morgan fingerprint density at radius 2 is 1.86 bits per heavy atom. The van der Waals surface area contributed by atoms with Crippen LogP contribution in [0.15, 0.2) is 71.3 Å². The highest BCUT2D eigenvalue weighted by atomic mass is 19.1. The van der Waals surface area contributed by atoms with Gasteiger partial charge in [0.1, 0.15) is 29.7 Å². The first-order valence-electron chi connectivity index (χ1n) is 11.6. The van der Waals surface area contributed by atoms with Crippen molar-refractivity contribution in [2.75, 3.05) is 6.54 Å². The SMILES string of the molecule is CC(C)CCNC(=O)C(c1ccc(F)cc1)N(Cc1ccco1)C(=O)Cn1nnc2ccccc21. The minimum absolute atomic E-state index is 0.0537. The molecule has 9 heteroatoms. The first-order chi connectivity index (χ1) is 16.9. The summed E-state index contributed by atoms with van der Waals surface area (Å²) in [5, 5.41) is 11.2. The average Bonchev–Trinajstić information content (AvgIpc) is 3.50. The minimum Gasteiger partial charge on any atom is -0.467 e. The van der Waals surface area contributed by atoms with Crippen LogP contribution in [-0.2, 0) is 22.7 Å². The number of nitrogens with one attached hydrogen (secondary N) is 1. The number of carbonyl (C=O) groups excluding carboxylic acids is 2. The number of fused-ring (bicyclic) bond motifs is 1. The summed E-state index contributed by atoms with van der Waals surface area (Å²) in [6, 6.07) is 15.4. The van der Waals surface area contributed by atoms with E-state index in [4.69, 9.17) is 4.42 Å². The van der Waals surface area contributed by atoms with Gasteiger partial charge in [-0.1, -0.05) is 43.3 Å². The molecule has 0 saturated heterocycles. The van der Waals surface area contributed by atoms with Crippen molar-refractivity contribution in [3.8, 4) is 0 Å². The number of furan rings is 1. The summed E-state index contributed by atoms with van der Waals surface area (Å²) in [6.07, 6.45) is 2.30. The van der Waals surface area contributed by atoms with Crippen molar-refractivity contribution in [2.24, 2.45) is 5.92 Å². The molecule has 8 nitrogen and oxygen atoms in total. The second-order valence-corrected chi connectivity index (χ2v) is 8.76. The number of carbonyl (C=O) groups is 2. The zero-order valence-electron chi connectivity index (χ0n) is 19.7. The third-order valence-corrected chi connectivity index (χ3v) is 5.70. The Labute approximate surface area is 202 Å². The summed E-state index contributed by atoms with van der Waals surface area (Å²) >= 11 is 0. The van der Waals surface area contributed by atoms with E-state index < -0.39 is 11.9 Å². The molecule has 2 amide bonds. The molecule has 0 radical (unpaired) electrons. The van der Waals surface area contributed by atoms with E-state index in [2.05, 4.69) is 29.5 Å². The Morgan fingerprint density at radius 1 is 1.09 bits per heavy atom. The number of para-hydroxylation sites is 1. The molecule has 2 aromatic heterocycles. The topological polar surface area (TPSA) is 93.3 Å². The molecule has 2 aromatic carbocycles. The van der Waals surface area contributed by atoms with E-state index >= 15 is 0 Å². The van der Waals surface area contributed by atoms with Crippen molar-refractivity contribution in [1.82, 2.24) is 25.2 Å². The molecule has 0 bridgehead atoms. The molecular weight excluding hydrogens is 449 g/mol. The molecule has 4 rings (SSSR count). The van der Waals surface area contributed by atoms with Crippen molar-refractivity contribution < 1.29 is 18.4 Å². The van der Waals surface area contributed by atoms with E-state index in [0.717, 1.165) is 6.42 Å². The van der Waals surface area contributed by atoms with Crippen molar-refractivity contribution in [3.05, 3.63) is 84.1 Å². The molecule has 0 fully saturated rings. The van der Waals surface area contributed by atoms with Gasteiger partial charge >= 0.3 is 0 Å². The van der Waals surface area contributed by atoms with Gasteiger partial charge in [0, 0.05) is 6.54 Å². The van der Waals surface area contributed by atoms with Gasteiger partial charge in [0.2, 0.25) is 11.8 Å². The minimum atomic E-state index is -0.991. The lowest BCUT2D eigenvalue weighted by Crippen LogP contribution is -2.45. The largest absolute Gasteiger partial charge is 0.467 e. The maximum Gasteiger partial charge on any atom is 0.247 e. The van der Waals surface area contributed by atoms with E-state index in [0.29, 0.717) is 34.8 Å². The highest BCUT2D eigenvalue weighted by Crippen LogP contribution is 2.25. The van der Waals surface area contributed by atoms with Crippen LogP contribution in [-0.4, -0.2) is 38.3 Å². The lowest BCUT2D eigenvalue weighted by atomic mass is 10.0. The molecule has 1 atom stereocenters. The maximum atomic E-state index is 13.7. The monoisotopic (exact) mass is 477 g/mol. The second-order valence-electron chi connectivity index (χ2n) is 8.76. The van der Waals surface area contributed by atoms with Crippen molar-refractivity contribution in [1.29, 1.82) is 0 Å². The fourth-order valence-electron chi connectivity index (χ4n) is 3.85.